The molecular weight excluding hydrogens is 395 g/mol. The predicted molar refractivity (Wildman–Crippen MR) is 103 cm³/mol. The summed E-state index contributed by atoms with van der Waals surface area (Å²) in [5.41, 5.74) is -1.10. The highest BCUT2D eigenvalue weighted by atomic mass is 19.1. The molecule has 2 aromatic rings. The van der Waals surface area contributed by atoms with E-state index < -0.39 is 23.4 Å². The Morgan fingerprint density at radius 2 is 1.63 bits per heavy atom. The van der Waals surface area contributed by atoms with Crippen molar-refractivity contribution in [1.29, 1.82) is 0 Å². The Balaban J connectivity index is 1.67. The summed E-state index contributed by atoms with van der Waals surface area (Å²) >= 11 is 0. The van der Waals surface area contributed by atoms with Crippen LogP contribution in [-0.4, -0.2) is 48.6 Å². The highest BCUT2D eigenvalue weighted by Crippen LogP contribution is 2.26. The minimum absolute atomic E-state index is 0.0104. The lowest BCUT2D eigenvalue weighted by atomic mass is 10.0. The van der Waals surface area contributed by atoms with Gasteiger partial charge in [0.15, 0.2) is 0 Å². The number of methoxy groups -OCH3 is 1. The minimum Gasteiger partial charge on any atom is -0.489 e. The van der Waals surface area contributed by atoms with E-state index in [2.05, 4.69) is 5.32 Å². The summed E-state index contributed by atoms with van der Waals surface area (Å²) < 4.78 is 29.1. The molecule has 1 N–H and O–H groups in total. The monoisotopic (exact) mass is 416 g/mol. The number of nitrogens with zero attached hydrogens (tertiary/aromatic N) is 1. The van der Waals surface area contributed by atoms with Crippen LogP contribution in [0.4, 0.5) is 9.18 Å². The predicted octanol–water partition coefficient (Wildman–Crippen LogP) is 2.27. The number of hydrogen-bond donors (Lipinski definition) is 1. The van der Waals surface area contributed by atoms with E-state index in [0.29, 0.717) is 5.75 Å². The number of carbonyl (C=O) groups excluding carboxylic acids is 3. The summed E-state index contributed by atoms with van der Waals surface area (Å²) in [7, 11) is 1.44. The molecular formula is C21H21FN2O6. The van der Waals surface area contributed by atoms with Crippen LogP contribution in [0.25, 0.3) is 0 Å². The van der Waals surface area contributed by atoms with Gasteiger partial charge in [0.25, 0.3) is 17.4 Å². The summed E-state index contributed by atoms with van der Waals surface area (Å²) in [6.07, 6.45) is 0. The van der Waals surface area contributed by atoms with Crippen molar-refractivity contribution in [2.45, 2.75) is 19.1 Å². The van der Waals surface area contributed by atoms with Crippen LogP contribution in [0.5, 0.6) is 11.5 Å². The second kappa shape index (κ2) is 8.91. The maximum Gasteiger partial charge on any atom is 0.331 e. The van der Waals surface area contributed by atoms with Crippen LogP contribution in [0.3, 0.4) is 0 Å². The molecule has 0 spiro atoms. The Morgan fingerprint density at radius 3 is 2.27 bits per heavy atom. The van der Waals surface area contributed by atoms with Crippen LogP contribution in [0, 0.1) is 5.82 Å². The number of barbiturate groups is 1. The lowest BCUT2D eigenvalue weighted by molar-refractivity contribution is -0.157. The smallest absolute Gasteiger partial charge is 0.331 e. The molecule has 3 rings (SSSR count). The molecule has 0 radical (unpaired) electrons. The zero-order chi connectivity index (χ0) is 21.7. The third kappa shape index (κ3) is 4.57. The first-order valence-electron chi connectivity index (χ1n) is 9.16. The Labute approximate surface area is 172 Å². The number of rotatable bonds is 8. The Kier molecular flexibility index (Phi) is 6.31. The molecule has 1 fully saturated rings. The molecule has 30 heavy (non-hydrogen) atoms. The topological polar surface area (TPSA) is 94.2 Å². The van der Waals surface area contributed by atoms with E-state index >= 15 is 0 Å². The Bertz CT molecular complexity index is 932. The van der Waals surface area contributed by atoms with Gasteiger partial charge in [-0.2, -0.15) is 0 Å². The molecule has 2 aromatic carbocycles. The molecule has 0 aliphatic carbocycles. The van der Waals surface area contributed by atoms with Gasteiger partial charge in [-0.1, -0.05) is 12.1 Å². The summed E-state index contributed by atoms with van der Waals surface area (Å²) in [5.74, 6) is -1.17. The van der Waals surface area contributed by atoms with Crippen molar-refractivity contribution in [3.8, 4) is 11.5 Å². The summed E-state index contributed by atoms with van der Waals surface area (Å²) in [4.78, 5) is 37.9. The van der Waals surface area contributed by atoms with Gasteiger partial charge in [-0.3, -0.25) is 19.8 Å². The molecule has 1 atom stereocenters. The second-order valence-electron chi connectivity index (χ2n) is 6.73. The number of amides is 4. The van der Waals surface area contributed by atoms with Crippen LogP contribution < -0.4 is 14.8 Å². The molecule has 1 saturated heterocycles. The number of nitrogens with one attached hydrogen (secondary N) is 1. The van der Waals surface area contributed by atoms with E-state index in [1.54, 1.807) is 36.4 Å². The van der Waals surface area contributed by atoms with Crippen LogP contribution >= 0.6 is 0 Å². The van der Waals surface area contributed by atoms with Gasteiger partial charge in [-0.15, -0.1) is 0 Å². The largest absolute Gasteiger partial charge is 0.489 e. The SMILES string of the molecule is COCCN1C(=O)NC(=O)C(C)(Oc2ccc(OCc3ccc(F)cc3)cc2)C1=O. The number of carbonyl (C=O) groups is 3. The Morgan fingerprint density at radius 1 is 1.00 bits per heavy atom. The van der Waals surface area contributed by atoms with Gasteiger partial charge in [0, 0.05) is 7.11 Å². The third-order valence-corrected chi connectivity index (χ3v) is 4.54. The minimum atomic E-state index is -1.90. The van der Waals surface area contributed by atoms with E-state index in [9.17, 15) is 18.8 Å². The lowest BCUT2D eigenvalue weighted by Gasteiger charge is -2.36. The molecule has 158 valence electrons. The molecule has 9 heteroatoms. The van der Waals surface area contributed by atoms with Crippen molar-refractivity contribution >= 4 is 17.8 Å². The van der Waals surface area contributed by atoms with E-state index in [4.69, 9.17) is 14.2 Å². The number of halogens is 1. The van der Waals surface area contributed by atoms with Crippen LogP contribution in [0.15, 0.2) is 48.5 Å². The zero-order valence-corrected chi connectivity index (χ0v) is 16.5. The van der Waals surface area contributed by atoms with Gasteiger partial charge in [-0.05, 0) is 48.9 Å². The quantitative estimate of drug-likeness (QED) is 0.664. The summed E-state index contributed by atoms with van der Waals surface area (Å²) in [6.45, 7) is 1.67. The standard InChI is InChI=1S/C21H21FN2O6/c1-21(18(25)23-20(27)24(19(21)26)11-12-28-2)30-17-9-7-16(8-10-17)29-13-14-3-5-15(22)6-4-14/h3-10H,11-13H2,1-2H3,(H,23,25,27). The number of benzene rings is 2. The molecule has 1 heterocycles. The van der Waals surface area contributed by atoms with Gasteiger partial charge in [-0.25, -0.2) is 9.18 Å². The maximum absolute atomic E-state index is 12.9. The zero-order valence-electron chi connectivity index (χ0n) is 16.5. The first kappa shape index (κ1) is 21.3. The number of urea groups is 1. The van der Waals surface area contributed by atoms with Gasteiger partial charge >= 0.3 is 6.03 Å². The average Bonchev–Trinajstić information content (AvgIpc) is 2.73. The fourth-order valence-electron chi connectivity index (χ4n) is 2.79. The first-order valence-corrected chi connectivity index (χ1v) is 9.16. The number of ether oxygens (including phenoxy) is 3. The van der Waals surface area contributed by atoms with E-state index in [0.717, 1.165) is 10.5 Å². The average molecular weight is 416 g/mol. The molecule has 0 saturated carbocycles. The highest BCUT2D eigenvalue weighted by molar-refractivity contribution is 6.21. The molecule has 1 unspecified atom stereocenters. The maximum atomic E-state index is 12.9. The number of imide groups is 2. The highest BCUT2D eigenvalue weighted by Gasteiger charge is 2.52. The molecule has 0 bridgehead atoms. The third-order valence-electron chi connectivity index (χ3n) is 4.54. The fraction of sp³-hybridized carbons (Fsp3) is 0.286. The number of hydrogen-bond acceptors (Lipinski definition) is 6. The Hall–Kier alpha value is -3.46. The van der Waals surface area contributed by atoms with Crippen molar-refractivity contribution < 1.29 is 33.0 Å². The lowest BCUT2D eigenvalue weighted by Crippen LogP contribution is -2.69. The van der Waals surface area contributed by atoms with E-state index in [1.807, 2.05) is 0 Å². The molecule has 4 amide bonds. The van der Waals surface area contributed by atoms with Gasteiger partial charge in [0.2, 0.25) is 0 Å². The molecule has 8 nitrogen and oxygen atoms in total. The van der Waals surface area contributed by atoms with Crippen LogP contribution in [0.2, 0.25) is 0 Å². The van der Waals surface area contributed by atoms with Crippen molar-refractivity contribution in [1.82, 2.24) is 10.2 Å². The molecule has 1 aliphatic rings. The van der Waals surface area contributed by atoms with Crippen LogP contribution in [0.1, 0.15) is 12.5 Å². The van der Waals surface area contributed by atoms with E-state index in [1.165, 1.54) is 26.2 Å². The fourth-order valence-corrected chi connectivity index (χ4v) is 2.79. The van der Waals surface area contributed by atoms with Crippen LogP contribution in [-0.2, 0) is 20.9 Å². The van der Waals surface area contributed by atoms with E-state index in [-0.39, 0.29) is 31.3 Å². The van der Waals surface area contributed by atoms with Crippen molar-refractivity contribution in [2.24, 2.45) is 0 Å². The van der Waals surface area contributed by atoms with Crippen molar-refractivity contribution in [3.63, 3.8) is 0 Å². The summed E-state index contributed by atoms with van der Waals surface area (Å²) in [5, 5.41) is 2.13. The normalized spacial score (nSPS) is 18.9. The van der Waals surface area contributed by atoms with Gasteiger partial charge in [0.05, 0.1) is 13.2 Å². The molecule has 0 aromatic heterocycles. The van der Waals surface area contributed by atoms with Crippen molar-refractivity contribution in [3.05, 3.63) is 59.9 Å². The second-order valence-corrected chi connectivity index (χ2v) is 6.73. The van der Waals surface area contributed by atoms with Gasteiger partial charge in [0.1, 0.15) is 23.9 Å². The molecule has 1 aliphatic heterocycles. The van der Waals surface area contributed by atoms with Gasteiger partial charge < -0.3 is 14.2 Å². The first-order chi connectivity index (χ1) is 14.3. The van der Waals surface area contributed by atoms with Crippen molar-refractivity contribution in [2.75, 3.05) is 20.3 Å². The summed E-state index contributed by atoms with van der Waals surface area (Å²) in [6, 6.07) is 11.4.